The molecule has 0 aromatic heterocycles. The molecule has 0 aliphatic heterocycles. The van der Waals surface area contributed by atoms with Gasteiger partial charge in [-0.3, -0.25) is 0 Å². The molecule has 0 bridgehead atoms. The van der Waals surface area contributed by atoms with Crippen molar-refractivity contribution < 1.29 is 5.11 Å². The van der Waals surface area contributed by atoms with Crippen LogP contribution in [0.5, 0.6) is 0 Å². The first-order chi connectivity index (χ1) is 6.67. The lowest BCUT2D eigenvalue weighted by Gasteiger charge is -2.19. The number of nitrogens with one attached hydrogen (secondary N) is 1. The number of aliphatic hydroxyl groups is 1. The predicted octanol–water partition coefficient (Wildman–Crippen LogP) is -0.701. The summed E-state index contributed by atoms with van der Waals surface area (Å²) in [5, 5.41) is 12.8. The highest BCUT2D eigenvalue weighted by Crippen LogP contribution is 2.06. The quantitative estimate of drug-likeness (QED) is 0.427. The molecule has 0 aromatic carbocycles. The Labute approximate surface area is 87.9 Å². The third kappa shape index (κ3) is 4.30. The fourth-order valence-corrected chi connectivity index (χ4v) is 0.979. The van der Waals surface area contributed by atoms with E-state index in [2.05, 4.69) is 18.4 Å². The van der Waals surface area contributed by atoms with Gasteiger partial charge in [0.05, 0.1) is 6.10 Å². The fourth-order valence-electron chi connectivity index (χ4n) is 0.979. The average molecular weight is 189 g/mol. The van der Waals surface area contributed by atoms with Crippen LogP contribution in [0.4, 0.5) is 0 Å². The molecule has 74 valence electrons. The van der Waals surface area contributed by atoms with E-state index >= 15 is 0 Å². The van der Waals surface area contributed by atoms with Gasteiger partial charge in [-0.15, -0.1) is 0 Å². The van der Waals surface area contributed by atoms with E-state index in [0.29, 0.717) is 0 Å². The third-order valence-electron chi connectivity index (χ3n) is 2.04. The van der Waals surface area contributed by atoms with Gasteiger partial charge in [0.1, 0.15) is 7.85 Å². The zero-order valence-corrected chi connectivity index (χ0v) is 8.90. The van der Waals surface area contributed by atoms with Crippen LogP contribution in [-0.4, -0.2) is 33.0 Å². The van der Waals surface area contributed by atoms with Crippen molar-refractivity contribution in [3.8, 4) is 0 Å². The van der Waals surface area contributed by atoms with Crippen LogP contribution in [0.3, 0.4) is 0 Å². The lowest BCUT2D eigenvalue weighted by atomic mass is 9.85. The summed E-state index contributed by atoms with van der Waals surface area (Å²) >= 11 is 0. The molecule has 0 aliphatic carbocycles. The van der Waals surface area contributed by atoms with Gasteiger partial charge in [0.2, 0.25) is 0 Å². The maximum atomic E-state index is 9.82. The Balaban J connectivity index is 4.53. The molecule has 0 rings (SSSR count). The molecule has 0 amide bonds. The first-order valence-electron chi connectivity index (χ1n) is 4.64. The van der Waals surface area contributed by atoms with Crippen LogP contribution in [0.2, 0.25) is 0 Å². The molecular formula is C10H17B2NO. The van der Waals surface area contributed by atoms with Crippen molar-refractivity contribution in [2.24, 2.45) is 0 Å². The van der Waals surface area contributed by atoms with Crippen LogP contribution in [-0.2, 0) is 0 Å². The molecule has 0 fully saturated rings. The maximum absolute atomic E-state index is 9.82. The Kier molecular flexibility index (Phi) is 6.89. The minimum absolute atomic E-state index is 0.0105. The Morgan fingerprint density at radius 3 is 2.43 bits per heavy atom. The van der Waals surface area contributed by atoms with Crippen molar-refractivity contribution in [1.82, 2.24) is 5.23 Å². The van der Waals surface area contributed by atoms with E-state index in [1.165, 1.54) is 0 Å². The molecule has 0 heterocycles. The van der Waals surface area contributed by atoms with Gasteiger partial charge in [-0.25, -0.2) is 0 Å². The van der Waals surface area contributed by atoms with Crippen molar-refractivity contribution in [3.05, 3.63) is 49.1 Å². The van der Waals surface area contributed by atoms with Crippen LogP contribution in [0.15, 0.2) is 49.1 Å². The number of hydrogen-bond donors (Lipinski definition) is 2. The monoisotopic (exact) mass is 189 g/mol. The lowest BCUT2D eigenvalue weighted by Crippen LogP contribution is -2.39. The molecular weight excluding hydrogens is 172 g/mol. The summed E-state index contributed by atoms with van der Waals surface area (Å²) in [6.45, 7) is 7.22. The van der Waals surface area contributed by atoms with Crippen molar-refractivity contribution in [2.45, 2.75) is 12.0 Å². The van der Waals surface area contributed by atoms with Crippen molar-refractivity contribution in [1.29, 1.82) is 0 Å². The zero-order valence-electron chi connectivity index (χ0n) is 8.90. The van der Waals surface area contributed by atoms with Crippen molar-refractivity contribution in [2.75, 3.05) is 0 Å². The Morgan fingerprint density at radius 1 is 1.36 bits per heavy atom. The van der Waals surface area contributed by atoms with E-state index in [1.807, 2.05) is 28.0 Å². The van der Waals surface area contributed by atoms with Crippen molar-refractivity contribution >= 4 is 15.8 Å². The van der Waals surface area contributed by atoms with Gasteiger partial charge >= 0.3 is 0 Å². The Bertz CT molecular complexity index is 249. The summed E-state index contributed by atoms with van der Waals surface area (Å²) < 4.78 is 0. The molecule has 0 aromatic rings. The van der Waals surface area contributed by atoms with Crippen LogP contribution >= 0.6 is 0 Å². The highest BCUT2D eigenvalue weighted by Gasteiger charge is 2.13. The topological polar surface area (TPSA) is 32.3 Å². The molecule has 4 heteroatoms. The van der Waals surface area contributed by atoms with Gasteiger partial charge in [0.25, 0.3) is 0 Å². The highest BCUT2D eigenvalue weighted by molar-refractivity contribution is 6.17. The van der Waals surface area contributed by atoms with E-state index in [-0.39, 0.29) is 5.94 Å². The van der Waals surface area contributed by atoms with Crippen LogP contribution in [0, 0.1) is 0 Å². The predicted molar refractivity (Wildman–Crippen MR) is 67.6 cm³/mol. The van der Waals surface area contributed by atoms with E-state index in [9.17, 15) is 5.11 Å². The van der Waals surface area contributed by atoms with Gasteiger partial charge < -0.3 is 10.3 Å². The van der Waals surface area contributed by atoms with Crippen LogP contribution in [0.25, 0.3) is 0 Å². The summed E-state index contributed by atoms with van der Waals surface area (Å²) in [6.07, 6.45) is 8.27. The van der Waals surface area contributed by atoms with Gasteiger partial charge in [0, 0.05) is 0 Å². The molecule has 0 aliphatic rings. The molecule has 0 radical (unpaired) electrons. The number of hydrogen-bond acceptors (Lipinski definition) is 2. The minimum atomic E-state index is -0.535. The van der Waals surface area contributed by atoms with E-state index in [4.69, 9.17) is 0 Å². The normalized spacial score (nSPS) is 16.5. The molecule has 2 N–H and O–H groups in total. The first kappa shape index (κ1) is 13.0. The van der Waals surface area contributed by atoms with Crippen LogP contribution in [0.1, 0.15) is 0 Å². The summed E-state index contributed by atoms with van der Waals surface area (Å²) in [5.74, 6) is 0.0105. The summed E-state index contributed by atoms with van der Waals surface area (Å²) in [6, 6.07) is 0. The second-order valence-corrected chi connectivity index (χ2v) is 3.01. The molecule has 0 saturated heterocycles. The molecule has 2 unspecified atom stereocenters. The standard InChI is InChI=1S/C10H17B2NO/c1-3-5-6-7-8(4-2)9(14)10(11)13-12/h3-7,9-10,13-14H,1-2,11-12H2/b6-5-,8-7+. The number of allylic oxidation sites excluding steroid dienone is 4. The molecule has 0 saturated carbocycles. The third-order valence-corrected chi connectivity index (χ3v) is 2.04. The Morgan fingerprint density at radius 2 is 2.00 bits per heavy atom. The van der Waals surface area contributed by atoms with E-state index in [1.54, 1.807) is 18.2 Å². The molecule has 2 nitrogen and oxygen atoms in total. The highest BCUT2D eigenvalue weighted by atomic mass is 16.3. The smallest absolute Gasteiger partial charge is 0.181 e. The Hall–Kier alpha value is -0.990. The van der Waals surface area contributed by atoms with Gasteiger partial charge in [-0.05, 0) is 11.5 Å². The van der Waals surface area contributed by atoms with Gasteiger partial charge in [-0.2, -0.15) is 0 Å². The number of aliphatic hydroxyl groups excluding tert-OH is 1. The van der Waals surface area contributed by atoms with Crippen LogP contribution < -0.4 is 5.23 Å². The van der Waals surface area contributed by atoms with Crippen molar-refractivity contribution in [3.63, 3.8) is 0 Å². The summed E-state index contributed by atoms with van der Waals surface area (Å²) in [7, 11) is 3.73. The SMILES string of the molecule is BNC(B)C(O)/C(C=C)=C/C=C\C=C. The minimum Gasteiger partial charge on any atom is -0.388 e. The second-order valence-electron chi connectivity index (χ2n) is 3.01. The fraction of sp³-hybridized carbons (Fsp3) is 0.200. The molecule has 14 heavy (non-hydrogen) atoms. The number of rotatable bonds is 6. The average Bonchev–Trinajstić information content (AvgIpc) is 2.22. The van der Waals surface area contributed by atoms with Gasteiger partial charge in [-0.1, -0.05) is 43.5 Å². The summed E-state index contributed by atoms with van der Waals surface area (Å²) in [4.78, 5) is 0. The van der Waals surface area contributed by atoms with E-state index in [0.717, 1.165) is 5.57 Å². The largest absolute Gasteiger partial charge is 0.388 e. The molecule has 0 spiro atoms. The zero-order chi connectivity index (χ0) is 11.0. The second kappa shape index (κ2) is 7.42. The first-order valence-corrected chi connectivity index (χ1v) is 4.64. The van der Waals surface area contributed by atoms with Gasteiger partial charge in [0.15, 0.2) is 7.98 Å². The maximum Gasteiger partial charge on any atom is 0.181 e. The summed E-state index contributed by atoms with van der Waals surface area (Å²) in [5.41, 5.74) is 0.796. The lowest BCUT2D eigenvalue weighted by molar-refractivity contribution is 0.205. The van der Waals surface area contributed by atoms with E-state index < -0.39 is 6.10 Å². The molecule has 2 atom stereocenters.